The smallest absolute Gasteiger partial charge is 0.300 e. The summed E-state index contributed by atoms with van der Waals surface area (Å²) in [5.74, 6) is -1.64. The minimum absolute atomic E-state index is 0.0524. The molecule has 3 aromatic rings. The van der Waals surface area contributed by atoms with Gasteiger partial charge in [0, 0.05) is 11.3 Å². The van der Waals surface area contributed by atoms with Crippen LogP contribution in [0.4, 0.5) is 5.69 Å². The van der Waals surface area contributed by atoms with Crippen LogP contribution in [0, 0.1) is 25.2 Å². The first-order chi connectivity index (χ1) is 16.5. The van der Waals surface area contributed by atoms with E-state index in [0.717, 1.165) is 16.7 Å². The van der Waals surface area contributed by atoms with E-state index >= 15 is 0 Å². The summed E-state index contributed by atoms with van der Waals surface area (Å²) in [5, 5.41) is 20.6. The fourth-order valence-corrected chi connectivity index (χ4v) is 4.41. The predicted molar refractivity (Wildman–Crippen MR) is 137 cm³/mol. The summed E-state index contributed by atoms with van der Waals surface area (Å²) in [5.41, 5.74) is 5.02. The molecule has 1 atom stereocenters. The monoisotopic (exact) mass is 464 g/mol. The number of anilines is 1. The van der Waals surface area contributed by atoms with Gasteiger partial charge >= 0.3 is 0 Å². The van der Waals surface area contributed by atoms with Gasteiger partial charge in [-0.15, -0.1) is 0 Å². The molecule has 0 radical (unpaired) electrons. The highest BCUT2D eigenvalue weighted by Gasteiger charge is 2.47. The molecule has 0 spiro atoms. The summed E-state index contributed by atoms with van der Waals surface area (Å²) in [6.45, 7) is 10.1. The molecule has 1 amide bonds. The summed E-state index contributed by atoms with van der Waals surface area (Å²) >= 11 is 0. The van der Waals surface area contributed by atoms with Gasteiger partial charge in [0.1, 0.15) is 5.76 Å². The Morgan fingerprint density at radius 3 is 2.14 bits per heavy atom. The first kappa shape index (κ1) is 24.0. The Kier molecular flexibility index (Phi) is 6.08. The SMILES string of the molecule is Cc1ccc(C)c(/C(O)=C2\C(=O)C(=O)N(c3ccc(C#N)cc3)C2c2ccc(C(C)(C)C)cc2)c1. The second-order valence-corrected chi connectivity index (χ2v) is 10.0. The highest BCUT2D eigenvalue weighted by Crippen LogP contribution is 2.43. The number of ketones is 1. The van der Waals surface area contributed by atoms with Gasteiger partial charge in [-0.25, -0.2) is 0 Å². The molecule has 1 aliphatic heterocycles. The fraction of sp³-hybridized carbons (Fsp3) is 0.233. The number of aliphatic hydroxyl groups excluding tert-OH is 1. The minimum Gasteiger partial charge on any atom is -0.507 e. The molecular formula is C30H28N2O3. The zero-order valence-corrected chi connectivity index (χ0v) is 20.6. The third kappa shape index (κ3) is 4.36. The molecule has 176 valence electrons. The summed E-state index contributed by atoms with van der Waals surface area (Å²) in [6, 6.07) is 21.2. The number of benzene rings is 3. The van der Waals surface area contributed by atoms with Crippen LogP contribution in [-0.4, -0.2) is 16.8 Å². The molecule has 3 aromatic carbocycles. The summed E-state index contributed by atoms with van der Waals surface area (Å²) in [4.78, 5) is 28.1. The van der Waals surface area contributed by atoms with Crippen molar-refractivity contribution in [3.05, 3.63) is 106 Å². The Bertz CT molecular complexity index is 1390. The lowest BCUT2D eigenvalue weighted by Crippen LogP contribution is -2.29. The topological polar surface area (TPSA) is 81.4 Å². The van der Waals surface area contributed by atoms with E-state index in [1.54, 1.807) is 24.3 Å². The zero-order chi connectivity index (χ0) is 25.5. The van der Waals surface area contributed by atoms with Gasteiger partial charge < -0.3 is 5.11 Å². The molecule has 1 fully saturated rings. The van der Waals surface area contributed by atoms with E-state index in [1.807, 2.05) is 56.3 Å². The normalized spacial score (nSPS) is 17.5. The third-order valence-corrected chi connectivity index (χ3v) is 6.46. The lowest BCUT2D eigenvalue weighted by atomic mass is 9.85. The number of rotatable bonds is 3. The van der Waals surface area contributed by atoms with Crippen molar-refractivity contribution in [3.63, 3.8) is 0 Å². The number of carbonyl (C=O) groups excluding carboxylic acids is 2. The van der Waals surface area contributed by atoms with Crippen molar-refractivity contribution < 1.29 is 14.7 Å². The van der Waals surface area contributed by atoms with Crippen molar-refractivity contribution in [2.75, 3.05) is 4.90 Å². The molecule has 1 unspecified atom stereocenters. The van der Waals surface area contributed by atoms with Crippen LogP contribution in [0.15, 0.2) is 72.3 Å². The number of Topliss-reactive ketones (excluding diaryl/α,β-unsaturated/α-hetero) is 1. The average Bonchev–Trinajstić information content (AvgIpc) is 3.10. The Hall–Kier alpha value is -4.17. The van der Waals surface area contributed by atoms with E-state index in [2.05, 4.69) is 26.8 Å². The number of amides is 1. The van der Waals surface area contributed by atoms with E-state index in [4.69, 9.17) is 0 Å². The molecule has 0 aliphatic carbocycles. The molecule has 35 heavy (non-hydrogen) atoms. The molecule has 1 heterocycles. The molecular weight excluding hydrogens is 436 g/mol. The molecule has 5 nitrogen and oxygen atoms in total. The van der Waals surface area contributed by atoms with Gasteiger partial charge in [-0.2, -0.15) is 5.26 Å². The third-order valence-electron chi connectivity index (χ3n) is 6.46. The number of hydrogen-bond donors (Lipinski definition) is 1. The maximum absolute atomic E-state index is 13.4. The van der Waals surface area contributed by atoms with E-state index < -0.39 is 17.7 Å². The number of nitrogens with zero attached hydrogens (tertiary/aromatic N) is 2. The summed E-state index contributed by atoms with van der Waals surface area (Å²) in [6.07, 6.45) is 0. The molecule has 0 saturated carbocycles. The molecule has 1 saturated heterocycles. The zero-order valence-electron chi connectivity index (χ0n) is 20.6. The van der Waals surface area contributed by atoms with Gasteiger partial charge in [-0.1, -0.05) is 62.7 Å². The highest BCUT2D eigenvalue weighted by atomic mass is 16.3. The van der Waals surface area contributed by atoms with E-state index in [-0.39, 0.29) is 16.7 Å². The van der Waals surface area contributed by atoms with Gasteiger partial charge in [0.05, 0.1) is 23.2 Å². The molecule has 5 heteroatoms. The van der Waals surface area contributed by atoms with Crippen LogP contribution >= 0.6 is 0 Å². The lowest BCUT2D eigenvalue weighted by Gasteiger charge is -2.26. The number of aliphatic hydroxyl groups is 1. The van der Waals surface area contributed by atoms with Crippen LogP contribution in [0.2, 0.25) is 0 Å². The van der Waals surface area contributed by atoms with Crippen LogP contribution in [-0.2, 0) is 15.0 Å². The summed E-state index contributed by atoms with van der Waals surface area (Å²) in [7, 11) is 0. The average molecular weight is 465 g/mol. The first-order valence-corrected chi connectivity index (χ1v) is 11.5. The van der Waals surface area contributed by atoms with Gasteiger partial charge in [0.2, 0.25) is 0 Å². The largest absolute Gasteiger partial charge is 0.507 e. The molecule has 1 N–H and O–H groups in total. The van der Waals surface area contributed by atoms with Crippen LogP contribution in [0.5, 0.6) is 0 Å². The van der Waals surface area contributed by atoms with Crippen molar-refractivity contribution in [3.8, 4) is 6.07 Å². The van der Waals surface area contributed by atoms with Crippen molar-refractivity contribution in [2.24, 2.45) is 0 Å². The van der Waals surface area contributed by atoms with Crippen LogP contribution in [0.3, 0.4) is 0 Å². The summed E-state index contributed by atoms with van der Waals surface area (Å²) < 4.78 is 0. The standard InChI is InChI=1S/C30H28N2O3/c1-18-6-7-19(2)24(16-18)27(33)25-26(21-10-12-22(13-11-21)30(3,4)5)32(29(35)28(25)34)23-14-8-20(17-31)9-15-23/h6-16,26,33H,1-5H3/b27-25+. The molecule has 0 aromatic heterocycles. The Morgan fingerprint density at radius 1 is 0.943 bits per heavy atom. The Labute approximate surface area is 205 Å². The lowest BCUT2D eigenvalue weighted by molar-refractivity contribution is -0.132. The quantitative estimate of drug-likeness (QED) is 0.288. The fourth-order valence-electron chi connectivity index (χ4n) is 4.41. The first-order valence-electron chi connectivity index (χ1n) is 11.5. The van der Waals surface area contributed by atoms with E-state index in [0.29, 0.717) is 22.4 Å². The predicted octanol–water partition coefficient (Wildman–Crippen LogP) is 6.10. The van der Waals surface area contributed by atoms with Gasteiger partial charge in [0.15, 0.2) is 0 Å². The van der Waals surface area contributed by atoms with E-state index in [9.17, 15) is 20.0 Å². The van der Waals surface area contributed by atoms with Gasteiger partial charge in [-0.3, -0.25) is 14.5 Å². The van der Waals surface area contributed by atoms with Crippen molar-refractivity contribution in [2.45, 2.75) is 46.1 Å². The van der Waals surface area contributed by atoms with E-state index in [1.165, 1.54) is 4.90 Å². The van der Waals surface area contributed by atoms with Gasteiger partial charge in [0.25, 0.3) is 11.7 Å². The maximum Gasteiger partial charge on any atom is 0.300 e. The second kappa shape index (κ2) is 8.88. The van der Waals surface area contributed by atoms with Crippen molar-refractivity contribution in [1.82, 2.24) is 0 Å². The second-order valence-electron chi connectivity index (χ2n) is 10.0. The Balaban J connectivity index is 1.95. The van der Waals surface area contributed by atoms with Crippen LogP contribution < -0.4 is 4.90 Å². The number of nitriles is 1. The molecule has 0 bridgehead atoms. The van der Waals surface area contributed by atoms with Crippen LogP contribution in [0.25, 0.3) is 5.76 Å². The molecule has 4 rings (SSSR count). The minimum atomic E-state index is -0.808. The molecule has 1 aliphatic rings. The Morgan fingerprint density at radius 2 is 1.57 bits per heavy atom. The van der Waals surface area contributed by atoms with Crippen LogP contribution in [0.1, 0.15) is 60.2 Å². The van der Waals surface area contributed by atoms with Crippen molar-refractivity contribution >= 4 is 23.1 Å². The van der Waals surface area contributed by atoms with Gasteiger partial charge in [-0.05, 0) is 66.3 Å². The maximum atomic E-state index is 13.4. The number of hydrogen-bond acceptors (Lipinski definition) is 4. The van der Waals surface area contributed by atoms with Crippen molar-refractivity contribution in [1.29, 1.82) is 5.26 Å². The number of aryl methyl sites for hydroxylation is 2. The number of carbonyl (C=O) groups is 2. The highest BCUT2D eigenvalue weighted by molar-refractivity contribution is 6.51.